The molecule has 0 aliphatic rings. The van der Waals surface area contributed by atoms with Crippen molar-refractivity contribution in [2.45, 2.75) is 0 Å². The van der Waals surface area contributed by atoms with Crippen molar-refractivity contribution in [3.8, 4) is 5.75 Å². The van der Waals surface area contributed by atoms with Crippen LogP contribution in [0.1, 0.15) is 16.1 Å². The number of ether oxygens (including phenoxy) is 1. The molecular formula is C23H15FINO4. The molecule has 150 valence electrons. The predicted octanol–water partition coefficient (Wildman–Crippen LogP) is 5.43. The van der Waals surface area contributed by atoms with Gasteiger partial charge in [0.1, 0.15) is 17.1 Å². The zero-order valence-corrected chi connectivity index (χ0v) is 17.7. The van der Waals surface area contributed by atoms with E-state index in [9.17, 15) is 14.0 Å². The third kappa shape index (κ3) is 4.35. The monoisotopic (exact) mass is 515 g/mol. The molecule has 0 bridgehead atoms. The van der Waals surface area contributed by atoms with Gasteiger partial charge in [-0.3, -0.25) is 9.59 Å². The average Bonchev–Trinajstić information content (AvgIpc) is 3.12. The lowest BCUT2D eigenvalue weighted by Crippen LogP contribution is -2.21. The molecule has 0 aliphatic carbocycles. The third-order valence-electron chi connectivity index (χ3n) is 4.36. The van der Waals surface area contributed by atoms with Crippen molar-refractivity contribution in [3.63, 3.8) is 0 Å². The van der Waals surface area contributed by atoms with Crippen LogP contribution in [0.15, 0.2) is 77.2 Å². The number of benzene rings is 3. The molecule has 0 radical (unpaired) electrons. The largest absolute Gasteiger partial charge is 0.484 e. The number of anilines is 1. The van der Waals surface area contributed by atoms with E-state index in [0.717, 1.165) is 3.57 Å². The number of para-hydroxylation sites is 1. The Hall–Kier alpha value is -3.20. The summed E-state index contributed by atoms with van der Waals surface area (Å²) in [5.41, 5.74) is 0.967. The van der Waals surface area contributed by atoms with Crippen LogP contribution in [-0.2, 0) is 4.79 Å². The van der Waals surface area contributed by atoms with Gasteiger partial charge in [0.15, 0.2) is 12.4 Å². The van der Waals surface area contributed by atoms with Gasteiger partial charge in [0, 0.05) is 14.5 Å². The summed E-state index contributed by atoms with van der Waals surface area (Å²) in [6.07, 6.45) is 0. The van der Waals surface area contributed by atoms with Crippen molar-refractivity contribution in [1.29, 1.82) is 0 Å². The molecule has 4 aromatic rings. The first-order valence-corrected chi connectivity index (χ1v) is 10.1. The van der Waals surface area contributed by atoms with E-state index in [4.69, 9.17) is 9.15 Å². The van der Waals surface area contributed by atoms with Gasteiger partial charge in [-0.25, -0.2) is 4.39 Å². The Kier molecular flexibility index (Phi) is 5.80. The lowest BCUT2D eigenvalue weighted by Gasteiger charge is -2.08. The first kappa shape index (κ1) is 20.1. The highest BCUT2D eigenvalue weighted by atomic mass is 127. The standard InChI is InChI=1S/C23H15FINO4/c24-15-7-5-14(6-8-15)22(28)23-21(18-3-1-2-4-19(18)30-23)26-20(27)13-29-17-11-9-16(25)10-12-17/h1-12H,13H2,(H,26,27). The van der Waals surface area contributed by atoms with Gasteiger partial charge in [0.25, 0.3) is 5.91 Å². The first-order chi connectivity index (χ1) is 14.5. The molecule has 1 N–H and O–H groups in total. The minimum Gasteiger partial charge on any atom is -0.484 e. The lowest BCUT2D eigenvalue weighted by molar-refractivity contribution is -0.118. The van der Waals surface area contributed by atoms with E-state index < -0.39 is 17.5 Å². The van der Waals surface area contributed by atoms with E-state index >= 15 is 0 Å². The minimum absolute atomic E-state index is 0.0228. The van der Waals surface area contributed by atoms with Gasteiger partial charge in [-0.15, -0.1) is 0 Å². The Balaban J connectivity index is 1.59. The van der Waals surface area contributed by atoms with Gasteiger partial charge >= 0.3 is 0 Å². The topological polar surface area (TPSA) is 68.5 Å². The molecule has 4 rings (SSSR count). The van der Waals surface area contributed by atoms with E-state index in [0.29, 0.717) is 16.7 Å². The molecule has 5 nitrogen and oxygen atoms in total. The fourth-order valence-electron chi connectivity index (χ4n) is 2.92. The molecule has 0 spiro atoms. The van der Waals surface area contributed by atoms with E-state index in [1.54, 1.807) is 36.4 Å². The Bertz CT molecular complexity index is 1220. The molecule has 30 heavy (non-hydrogen) atoms. The summed E-state index contributed by atoms with van der Waals surface area (Å²) in [5, 5.41) is 3.31. The maximum atomic E-state index is 13.2. The Morgan fingerprint density at radius 2 is 1.67 bits per heavy atom. The molecular weight excluding hydrogens is 500 g/mol. The van der Waals surface area contributed by atoms with E-state index in [2.05, 4.69) is 27.9 Å². The number of carbonyl (C=O) groups excluding carboxylic acids is 2. The van der Waals surface area contributed by atoms with Gasteiger partial charge in [-0.1, -0.05) is 12.1 Å². The minimum atomic E-state index is -0.458. The summed E-state index contributed by atoms with van der Waals surface area (Å²) in [5.74, 6) is -0.804. The zero-order chi connectivity index (χ0) is 21.1. The number of fused-ring (bicyclic) bond motifs is 1. The number of furan rings is 1. The summed E-state index contributed by atoms with van der Waals surface area (Å²) in [7, 11) is 0. The lowest BCUT2D eigenvalue weighted by atomic mass is 10.1. The molecule has 0 saturated carbocycles. The van der Waals surface area contributed by atoms with Crippen LogP contribution < -0.4 is 10.1 Å². The molecule has 0 unspecified atom stereocenters. The van der Waals surface area contributed by atoms with Crippen LogP contribution in [0.25, 0.3) is 11.0 Å². The van der Waals surface area contributed by atoms with Crippen molar-refractivity contribution in [1.82, 2.24) is 0 Å². The molecule has 0 atom stereocenters. The van der Waals surface area contributed by atoms with Crippen molar-refractivity contribution in [2.75, 3.05) is 11.9 Å². The Labute approximate surface area is 185 Å². The van der Waals surface area contributed by atoms with Crippen LogP contribution in [-0.4, -0.2) is 18.3 Å². The fourth-order valence-corrected chi connectivity index (χ4v) is 3.28. The molecule has 1 heterocycles. The van der Waals surface area contributed by atoms with Gasteiger partial charge in [-0.05, 0) is 83.3 Å². The van der Waals surface area contributed by atoms with Crippen LogP contribution in [0.3, 0.4) is 0 Å². The van der Waals surface area contributed by atoms with Crippen LogP contribution in [0.4, 0.5) is 10.1 Å². The van der Waals surface area contributed by atoms with Gasteiger partial charge < -0.3 is 14.5 Å². The van der Waals surface area contributed by atoms with E-state index in [-0.39, 0.29) is 23.6 Å². The molecule has 7 heteroatoms. The first-order valence-electron chi connectivity index (χ1n) is 9.01. The SMILES string of the molecule is O=C(COc1ccc(I)cc1)Nc1c(C(=O)c2ccc(F)cc2)oc2ccccc12. The Morgan fingerprint density at radius 3 is 2.40 bits per heavy atom. The van der Waals surface area contributed by atoms with Crippen molar-refractivity contribution in [2.24, 2.45) is 0 Å². The van der Waals surface area contributed by atoms with Crippen LogP contribution in [0.5, 0.6) is 5.75 Å². The number of hydrogen-bond acceptors (Lipinski definition) is 4. The molecule has 1 aromatic heterocycles. The quantitative estimate of drug-likeness (QED) is 0.275. The van der Waals surface area contributed by atoms with Gasteiger partial charge in [-0.2, -0.15) is 0 Å². The summed E-state index contributed by atoms with van der Waals surface area (Å²) >= 11 is 2.18. The van der Waals surface area contributed by atoms with Crippen LogP contribution >= 0.6 is 22.6 Å². The highest BCUT2D eigenvalue weighted by Gasteiger charge is 2.23. The smallest absolute Gasteiger partial charge is 0.262 e. The van der Waals surface area contributed by atoms with Crippen LogP contribution in [0.2, 0.25) is 0 Å². The maximum absolute atomic E-state index is 13.2. The van der Waals surface area contributed by atoms with E-state index in [1.807, 2.05) is 12.1 Å². The number of carbonyl (C=O) groups is 2. The molecule has 3 aromatic carbocycles. The number of nitrogens with one attached hydrogen (secondary N) is 1. The average molecular weight is 515 g/mol. The normalized spacial score (nSPS) is 10.7. The molecule has 0 saturated heterocycles. The van der Waals surface area contributed by atoms with Crippen molar-refractivity contribution >= 4 is 50.9 Å². The van der Waals surface area contributed by atoms with Crippen molar-refractivity contribution < 1.29 is 23.1 Å². The molecule has 0 aliphatic heterocycles. The highest BCUT2D eigenvalue weighted by Crippen LogP contribution is 2.32. The number of halogens is 2. The van der Waals surface area contributed by atoms with Crippen LogP contribution in [0, 0.1) is 9.39 Å². The number of ketones is 1. The highest BCUT2D eigenvalue weighted by molar-refractivity contribution is 14.1. The summed E-state index contributed by atoms with van der Waals surface area (Å²) in [6, 6.07) is 19.4. The van der Waals surface area contributed by atoms with E-state index in [1.165, 1.54) is 24.3 Å². The number of amides is 1. The summed E-state index contributed by atoms with van der Waals surface area (Å²) in [6.45, 7) is -0.232. The molecule has 1 amide bonds. The number of hydrogen-bond donors (Lipinski definition) is 1. The Morgan fingerprint density at radius 1 is 0.967 bits per heavy atom. The van der Waals surface area contributed by atoms with Gasteiger partial charge in [0.2, 0.25) is 5.78 Å². The summed E-state index contributed by atoms with van der Waals surface area (Å²) < 4.78 is 25.5. The zero-order valence-electron chi connectivity index (χ0n) is 15.5. The third-order valence-corrected chi connectivity index (χ3v) is 5.08. The predicted molar refractivity (Wildman–Crippen MR) is 119 cm³/mol. The maximum Gasteiger partial charge on any atom is 0.262 e. The second-order valence-corrected chi connectivity index (χ2v) is 7.67. The fraction of sp³-hybridized carbons (Fsp3) is 0.0435. The van der Waals surface area contributed by atoms with Crippen molar-refractivity contribution in [3.05, 3.63) is 93.5 Å². The number of rotatable bonds is 6. The summed E-state index contributed by atoms with van der Waals surface area (Å²) in [4.78, 5) is 25.5. The second kappa shape index (κ2) is 8.66. The second-order valence-electron chi connectivity index (χ2n) is 6.43. The van der Waals surface area contributed by atoms with Gasteiger partial charge in [0.05, 0.1) is 5.69 Å². The molecule has 0 fully saturated rings.